The van der Waals surface area contributed by atoms with E-state index in [4.69, 9.17) is 4.74 Å². The van der Waals surface area contributed by atoms with Crippen LogP contribution in [0.4, 0.5) is 0 Å². The quantitative estimate of drug-likeness (QED) is 0.727. The van der Waals surface area contributed by atoms with Crippen LogP contribution in [0.3, 0.4) is 0 Å². The highest BCUT2D eigenvalue weighted by Gasteiger charge is 2.31. The summed E-state index contributed by atoms with van der Waals surface area (Å²) >= 11 is 0. The van der Waals surface area contributed by atoms with E-state index in [2.05, 4.69) is 24.1 Å². The van der Waals surface area contributed by atoms with Crippen LogP contribution in [-0.2, 0) is 9.53 Å². The fourth-order valence-corrected chi connectivity index (χ4v) is 2.93. The Morgan fingerprint density at radius 1 is 1.40 bits per heavy atom. The van der Waals surface area contributed by atoms with E-state index < -0.39 is 0 Å². The van der Waals surface area contributed by atoms with Crippen LogP contribution in [0.2, 0.25) is 0 Å². The third kappa shape index (κ3) is 4.45. The van der Waals surface area contributed by atoms with E-state index in [1.807, 2.05) is 0 Å². The molecule has 0 radical (unpaired) electrons. The molecule has 1 saturated heterocycles. The fourth-order valence-electron chi connectivity index (χ4n) is 2.93. The molecule has 1 atom stereocenters. The number of carbonyl (C=O) groups is 1. The van der Waals surface area contributed by atoms with E-state index in [0.29, 0.717) is 11.5 Å². The molecule has 1 heterocycles. The number of hydrogen-bond donors (Lipinski definition) is 1. The van der Waals surface area contributed by atoms with Crippen molar-refractivity contribution < 1.29 is 9.53 Å². The number of nitrogens with zero attached hydrogens (tertiary/aromatic N) is 1. The molecule has 1 saturated carbocycles. The van der Waals surface area contributed by atoms with E-state index >= 15 is 0 Å². The molecular formula is C16H30N2O2. The molecule has 4 heteroatoms. The molecular weight excluding hydrogens is 252 g/mol. The Morgan fingerprint density at radius 2 is 2.05 bits per heavy atom. The van der Waals surface area contributed by atoms with Gasteiger partial charge in [0.2, 0.25) is 0 Å². The van der Waals surface area contributed by atoms with Gasteiger partial charge in [0, 0.05) is 12.6 Å². The normalized spacial score (nSPS) is 24.4. The molecule has 1 unspecified atom stereocenters. The van der Waals surface area contributed by atoms with Gasteiger partial charge in [0.1, 0.15) is 6.04 Å². The number of esters is 1. The zero-order chi connectivity index (χ0) is 14.6. The molecule has 0 amide bonds. The van der Waals surface area contributed by atoms with Gasteiger partial charge in [-0.25, -0.2) is 0 Å². The Bertz CT molecular complexity index is 320. The van der Waals surface area contributed by atoms with Crippen molar-refractivity contribution in [2.75, 3.05) is 26.7 Å². The molecule has 0 aromatic heterocycles. The van der Waals surface area contributed by atoms with Gasteiger partial charge in [-0.2, -0.15) is 0 Å². The lowest BCUT2D eigenvalue weighted by atomic mass is 9.78. The Balaban J connectivity index is 1.73. The van der Waals surface area contributed by atoms with Crippen LogP contribution in [0.5, 0.6) is 0 Å². The second-order valence-electron chi connectivity index (χ2n) is 6.81. The molecule has 2 rings (SSSR count). The minimum Gasteiger partial charge on any atom is -0.468 e. The largest absolute Gasteiger partial charge is 0.468 e. The summed E-state index contributed by atoms with van der Waals surface area (Å²) in [4.78, 5) is 14.3. The second kappa shape index (κ2) is 6.90. The van der Waals surface area contributed by atoms with Crippen LogP contribution in [-0.4, -0.2) is 49.7 Å². The minimum absolute atomic E-state index is 0.104. The molecule has 1 N–H and O–H groups in total. The average molecular weight is 282 g/mol. The van der Waals surface area contributed by atoms with Crippen molar-refractivity contribution in [2.24, 2.45) is 5.41 Å². The van der Waals surface area contributed by atoms with E-state index in [1.54, 1.807) is 0 Å². The highest BCUT2D eigenvalue weighted by Crippen LogP contribution is 2.33. The first-order valence-electron chi connectivity index (χ1n) is 8.12. The summed E-state index contributed by atoms with van der Waals surface area (Å²) in [5.41, 5.74) is 0.532. The van der Waals surface area contributed by atoms with Crippen molar-refractivity contribution in [3.63, 3.8) is 0 Å². The number of ether oxygens (including phenoxy) is 1. The van der Waals surface area contributed by atoms with Crippen molar-refractivity contribution in [3.05, 3.63) is 0 Å². The van der Waals surface area contributed by atoms with E-state index in [9.17, 15) is 4.79 Å². The van der Waals surface area contributed by atoms with Gasteiger partial charge >= 0.3 is 5.97 Å². The highest BCUT2D eigenvalue weighted by molar-refractivity contribution is 5.75. The molecule has 116 valence electrons. The summed E-state index contributed by atoms with van der Waals surface area (Å²) < 4.78 is 4.91. The molecule has 0 aromatic carbocycles. The maximum Gasteiger partial charge on any atom is 0.322 e. The summed E-state index contributed by atoms with van der Waals surface area (Å²) in [6.45, 7) is 8.03. The van der Waals surface area contributed by atoms with Gasteiger partial charge in [-0.15, -0.1) is 0 Å². The molecule has 0 spiro atoms. The maximum absolute atomic E-state index is 11.8. The summed E-state index contributed by atoms with van der Waals surface area (Å²) in [6.07, 6.45) is 7.10. The van der Waals surface area contributed by atoms with Crippen molar-refractivity contribution in [1.82, 2.24) is 10.2 Å². The highest BCUT2D eigenvalue weighted by atomic mass is 16.5. The lowest BCUT2D eigenvalue weighted by Crippen LogP contribution is -2.44. The third-order valence-corrected chi connectivity index (χ3v) is 5.15. The van der Waals surface area contributed by atoms with Crippen molar-refractivity contribution in [3.8, 4) is 0 Å². The fraction of sp³-hybridized carbons (Fsp3) is 0.938. The van der Waals surface area contributed by atoms with Crippen LogP contribution in [0.1, 0.15) is 52.4 Å². The molecule has 0 aromatic rings. The van der Waals surface area contributed by atoms with Crippen LogP contribution >= 0.6 is 0 Å². The summed E-state index contributed by atoms with van der Waals surface area (Å²) in [5.74, 6) is -0.104. The Hall–Kier alpha value is -0.610. The monoisotopic (exact) mass is 282 g/mol. The van der Waals surface area contributed by atoms with E-state index in [0.717, 1.165) is 13.0 Å². The number of hydrogen-bond acceptors (Lipinski definition) is 4. The zero-order valence-electron chi connectivity index (χ0n) is 13.3. The Kier molecular flexibility index (Phi) is 5.44. The predicted molar refractivity (Wildman–Crippen MR) is 80.7 cm³/mol. The zero-order valence-corrected chi connectivity index (χ0v) is 13.3. The lowest BCUT2D eigenvalue weighted by molar-refractivity contribution is -0.143. The Morgan fingerprint density at radius 3 is 2.55 bits per heavy atom. The van der Waals surface area contributed by atoms with Gasteiger partial charge in [0.25, 0.3) is 0 Å². The standard InChI is InChI=1S/C16H30N2O2/c1-4-16(2)8-11-18(12-9-16)10-7-14(15(19)20-3)17-13-5-6-13/h13-14,17H,4-12H2,1-3H3. The summed E-state index contributed by atoms with van der Waals surface area (Å²) in [5, 5.41) is 3.41. The molecule has 0 bridgehead atoms. The molecule has 20 heavy (non-hydrogen) atoms. The van der Waals surface area contributed by atoms with E-state index in [1.165, 1.54) is 52.3 Å². The number of methoxy groups -OCH3 is 1. The molecule has 2 fully saturated rings. The third-order valence-electron chi connectivity index (χ3n) is 5.15. The number of piperidine rings is 1. The van der Waals surface area contributed by atoms with Crippen molar-refractivity contribution >= 4 is 5.97 Å². The van der Waals surface area contributed by atoms with Crippen LogP contribution in [0, 0.1) is 5.41 Å². The first kappa shape index (κ1) is 15.8. The number of nitrogens with one attached hydrogen (secondary N) is 1. The van der Waals surface area contributed by atoms with Crippen LogP contribution < -0.4 is 5.32 Å². The number of likely N-dealkylation sites (tertiary alicyclic amines) is 1. The summed E-state index contributed by atoms with van der Waals surface area (Å²) in [7, 11) is 1.48. The predicted octanol–water partition coefficient (Wildman–Crippen LogP) is 2.18. The number of carbonyl (C=O) groups excluding carboxylic acids is 1. The molecule has 1 aliphatic heterocycles. The summed E-state index contributed by atoms with van der Waals surface area (Å²) in [6, 6.07) is 0.427. The van der Waals surface area contributed by atoms with Gasteiger partial charge in [-0.3, -0.25) is 4.79 Å². The number of rotatable bonds is 7. The van der Waals surface area contributed by atoms with Gasteiger partial charge in [-0.05, 0) is 50.6 Å². The van der Waals surface area contributed by atoms with Gasteiger partial charge in [0.15, 0.2) is 0 Å². The van der Waals surface area contributed by atoms with Crippen molar-refractivity contribution in [1.29, 1.82) is 0 Å². The van der Waals surface area contributed by atoms with Gasteiger partial charge < -0.3 is 15.0 Å². The van der Waals surface area contributed by atoms with E-state index in [-0.39, 0.29) is 12.0 Å². The molecule has 2 aliphatic rings. The first-order valence-corrected chi connectivity index (χ1v) is 8.12. The topological polar surface area (TPSA) is 41.6 Å². The average Bonchev–Trinajstić information content (AvgIpc) is 3.28. The van der Waals surface area contributed by atoms with Gasteiger partial charge in [-0.1, -0.05) is 20.3 Å². The van der Waals surface area contributed by atoms with Crippen molar-refractivity contribution in [2.45, 2.75) is 64.5 Å². The Labute approximate surface area is 123 Å². The lowest BCUT2D eigenvalue weighted by Gasteiger charge is -2.39. The molecule has 4 nitrogen and oxygen atoms in total. The maximum atomic E-state index is 11.8. The SMILES string of the molecule is CCC1(C)CCN(CCC(NC2CC2)C(=O)OC)CC1. The minimum atomic E-state index is -0.119. The molecule has 1 aliphatic carbocycles. The first-order chi connectivity index (χ1) is 9.56. The van der Waals surface area contributed by atoms with Crippen LogP contribution in [0.25, 0.3) is 0 Å². The smallest absolute Gasteiger partial charge is 0.322 e. The second-order valence-corrected chi connectivity index (χ2v) is 6.81. The van der Waals surface area contributed by atoms with Gasteiger partial charge in [0.05, 0.1) is 7.11 Å². The van der Waals surface area contributed by atoms with Crippen LogP contribution in [0.15, 0.2) is 0 Å².